The summed E-state index contributed by atoms with van der Waals surface area (Å²) in [7, 11) is 0. The van der Waals surface area contributed by atoms with Gasteiger partial charge in [0, 0.05) is 12.0 Å². The molecule has 0 saturated heterocycles. The summed E-state index contributed by atoms with van der Waals surface area (Å²) in [6.07, 6.45) is 3.06. The highest BCUT2D eigenvalue weighted by Gasteiger charge is 2.31. The first-order valence-electron chi connectivity index (χ1n) is 6.63. The van der Waals surface area contributed by atoms with E-state index in [9.17, 15) is 9.59 Å². The molecule has 1 aromatic rings. The summed E-state index contributed by atoms with van der Waals surface area (Å²) in [5.74, 6) is 0.0314. The van der Waals surface area contributed by atoms with Crippen LogP contribution in [0, 0.1) is 0 Å². The minimum absolute atomic E-state index is 0.0314. The highest BCUT2D eigenvalue weighted by molar-refractivity contribution is 6.66. The van der Waals surface area contributed by atoms with Gasteiger partial charge in [0.15, 0.2) is 5.78 Å². The molecule has 112 valence electrons. The summed E-state index contributed by atoms with van der Waals surface area (Å²) < 4.78 is 2.50. The molecule has 0 bridgehead atoms. The first-order chi connectivity index (χ1) is 9.85. The number of alkyl halides is 3. The van der Waals surface area contributed by atoms with E-state index in [1.165, 1.54) is 5.56 Å². The first kappa shape index (κ1) is 14.9. The Kier molecular flexibility index (Phi) is 3.80. The Morgan fingerprint density at radius 1 is 1.14 bits per heavy atom. The van der Waals surface area contributed by atoms with Crippen molar-refractivity contribution in [1.82, 2.24) is 0 Å². The maximum absolute atomic E-state index is 12.1. The van der Waals surface area contributed by atoms with E-state index in [2.05, 4.69) is 16.1 Å². The summed E-state index contributed by atoms with van der Waals surface area (Å²) in [6.45, 7) is 0. The predicted molar refractivity (Wildman–Crippen MR) is 81.5 cm³/mol. The second kappa shape index (κ2) is 5.34. The third-order valence-electron chi connectivity index (χ3n) is 3.82. The zero-order valence-corrected chi connectivity index (χ0v) is 13.2. The highest BCUT2D eigenvalue weighted by Crippen LogP contribution is 2.39. The third kappa shape index (κ3) is 2.98. The van der Waals surface area contributed by atoms with Crippen LogP contribution in [0.25, 0.3) is 0 Å². The van der Waals surface area contributed by atoms with Gasteiger partial charge < -0.3 is 4.74 Å². The SMILES string of the molecule is O=C(Nc1c2c(cc3c1C(=O)CC3)CCC2)OC(Cl)(Cl)Cl. The van der Waals surface area contributed by atoms with Gasteiger partial charge in [0.05, 0.1) is 5.69 Å². The maximum Gasteiger partial charge on any atom is 0.415 e. The van der Waals surface area contributed by atoms with Gasteiger partial charge >= 0.3 is 10.1 Å². The number of carbonyl (C=O) groups is 2. The summed E-state index contributed by atoms with van der Waals surface area (Å²) in [5, 5.41) is 2.59. The largest absolute Gasteiger partial charge is 0.415 e. The van der Waals surface area contributed by atoms with Crippen LogP contribution in [0.1, 0.15) is 39.9 Å². The number of hydrogen-bond acceptors (Lipinski definition) is 3. The number of carbonyl (C=O) groups excluding carboxylic acids is 2. The van der Waals surface area contributed by atoms with Crippen LogP contribution in [0.2, 0.25) is 0 Å². The number of anilines is 1. The van der Waals surface area contributed by atoms with Crippen LogP contribution in [0.5, 0.6) is 0 Å². The van der Waals surface area contributed by atoms with E-state index in [-0.39, 0.29) is 5.78 Å². The van der Waals surface area contributed by atoms with Crippen molar-refractivity contribution in [3.05, 3.63) is 28.3 Å². The molecule has 2 aliphatic rings. The van der Waals surface area contributed by atoms with Crippen molar-refractivity contribution in [2.75, 3.05) is 5.32 Å². The second-order valence-corrected chi connectivity index (χ2v) is 7.34. The Bertz CT molecular complexity index is 637. The lowest BCUT2D eigenvalue weighted by Gasteiger charge is -2.17. The fraction of sp³-hybridized carbons (Fsp3) is 0.429. The van der Waals surface area contributed by atoms with E-state index in [1.54, 1.807) is 0 Å². The van der Waals surface area contributed by atoms with Crippen LogP contribution < -0.4 is 5.32 Å². The number of fused-ring (bicyclic) bond motifs is 2. The highest BCUT2D eigenvalue weighted by atomic mass is 35.6. The fourth-order valence-corrected chi connectivity index (χ4v) is 3.28. The molecule has 0 aromatic heterocycles. The summed E-state index contributed by atoms with van der Waals surface area (Å²) >= 11 is 16.3. The van der Waals surface area contributed by atoms with Crippen LogP contribution in [0.3, 0.4) is 0 Å². The van der Waals surface area contributed by atoms with E-state index in [0.29, 0.717) is 24.1 Å². The Labute approximate surface area is 136 Å². The molecule has 1 aromatic carbocycles. The summed E-state index contributed by atoms with van der Waals surface area (Å²) in [6, 6.07) is 2.08. The van der Waals surface area contributed by atoms with E-state index in [4.69, 9.17) is 34.8 Å². The first-order valence-corrected chi connectivity index (χ1v) is 7.76. The smallest absolute Gasteiger partial charge is 0.398 e. The van der Waals surface area contributed by atoms with Crippen LogP contribution in [-0.2, 0) is 24.0 Å². The zero-order valence-electron chi connectivity index (χ0n) is 11.0. The Morgan fingerprint density at radius 2 is 1.90 bits per heavy atom. The number of nitrogens with one attached hydrogen (secondary N) is 1. The predicted octanol–water partition coefficient (Wildman–Crippen LogP) is 4.18. The molecule has 0 radical (unpaired) electrons. The van der Waals surface area contributed by atoms with Gasteiger partial charge in [0.1, 0.15) is 0 Å². The lowest BCUT2D eigenvalue weighted by atomic mass is 9.98. The molecule has 0 atom stereocenters. The third-order valence-corrected chi connectivity index (χ3v) is 4.05. The number of halogens is 3. The number of aryl methyl sites for hydroxylation is 2. The van der Waals surface area contributed by atoms with E-state index < -0.39 is 10.1 Å². The molecule has 1 N–H and O–H groups in total. The average Bonchev–Trinajstić information content (AvgIpc) is 2.94. The van der Waals surface area contributed by atoms with Gasteiger partial charge in [0.2, 0.25) is 0 Å². The Morgan fingerprint density at radius 3 is 2.62 bits per heavy atom. The lowest BCUT2D eigenvalue weighted by molar-refractivity contribution is 0.0995. The van der Waals surface area contributed by atoms with Gasteiger partial charge in [-0.1, -0.05) is 6.07 Å². The van der Waals surface area contributed by atoms with Crippen molar-refractivity contribution in [2.24, 2.45) is 0 Å². The maximum atomic E-state index is 12.1. The molecule has 0 fully saturated rings. The second-order valence-electron chi connectivity index (χ2n) is 5.16. The molecule has 0 unspecified atom stereocenters. The van der Waals surface area contributed by atoms with Gasteiger partial charge in [-0.25, -0.2) is 4.79 Å². The molecule has 1 amide bonds. The number of ether oxygens (including phenoxy) is 1. The molecule has 4 nitrogen and oxygen atoms in total. The molecule has 3 rings (SSSR count). The number of ketones is 1. The monoisotopic (exact) mass is 347 g/mol. The normalized spacial score (nSPS) is 16.6. The lowest BCUT2D eigenvalue weighted by Crippen LogP contribution is -2.23. The molecule has 0 spiro atoms. The number of Topliss-reactive ketones (excluding diaryl/α,β-unsaturated/α-hetero) is 1. The Hall–Kier alpha value is -0.970. The van der Waals surface area contributed by atoms with Crippen LogP contribution in [-0.4, -0.2) is 15.9 Å². The summed E-state index contributed by atoms with van der Waals surface area (Å²) in [5.41, 5.74) is 4.25. The average molecular weight is 349 g/mol. The molecule has 0 heterocycles. The molecular formula is C14H12Cl3NO3. The van der Waals surface area contributed by atoms with Crippen LogP contribution in [0.4, 0.5) is 10.5 Å². The molecule has 0 aliphatic heterocycles. The Balaban J connectivity index is 1.98. The molecule has 0 saturated carbocycles. The van der Waals surface area contributed by atoms with Gasteiger partial charge in [-0.3, -0.25) is 10.1 Å². The quantitative estimate of drug-likeness (QED) is 0.775. The molecule has 7 heteroatoms. The van der Waals surface area contributed by atoms with Crippen molar-refractivity contribution < 1.29 is 14.3 Å². The summed E-state index contributed by atoms with van der Waals surface area (Å²) in [4.78, 5) is 23.9. The van der Waals surface area contributed by atoms with E-state index in [1.807, 2.05) is 0 Å². The zero-order chi connectivity index (χ0) is 15.2. The molecule has 2 aliphatic carbocycles. The topological polar surface area (TPSA) is 55.4 Å². The van der Waals surface area contributed by atoms with Gasteiger partial charge in [-0.2, -0.15) is 0 Å². The van der Waals surface area contributed by atoms with Gasteiger partial charge in [-0.05, 0) is 77.2 Å². The molecular weight excluding hydrogens is 337 g/mol. The van der Waals surface area contributed by atoms with Crippen molar-refractivity contribution in [3.8, 4) is 0 Å². The van der Waals surface area contributed by atoms with Gasteiger partial charge in [-0.15, -0.1) is 0 Å². The van der Waals surface area contributed by atoms with Crippen molar-refractivity contribution in [1.29, 1.82) is 0 Å². The fourth-order valence-electron chi connectivity index (χ4n) is 3.07. The van der Waals surface area contributed by atoms with Crippen LogP contribution >= 0.6 is 34.8 Å². The minimum atomic E-state index is -2.13. The minimum Gasteiger partial charge on any atom is -0.398 e. The molecule has 21 heavy (non-hydrogen) atoms. The number of rotatable bonds is 1. The van der Waals surface area contributed by atoms with Gasteiger partial charge in [0.25, 0.3) is 0 Å². The van der Waals surface area contributed by atoms with Crippen LogP contribution in [0.15, 0.2) is 6.07 Å². The van der Waals surface area contributed by atoms with Crippen molar-refractivity contribution >= 4 is 52.4 Å². The van der Waals surface area contributed by atoms with E-state index in [0.717, 1.165) is 30.4 Å². The number of hydrogen-bond donors (Lipinski definition) is 1. The number of benzene rings is 1. The van der Waals surface area contributed by atoms with Crippen molar-refractivity contribution in [3.63, 3.8) is 0 Å². The van der Waals surface area contributed by atoms with Crippen molar-refractivity contribution in [2.45, 2.75) is 36.1 Å². The number of amides is 1. The standard InChI is InChI=1S/C14H12Cl3NO3/c15-14(16,17)21-13(20)18-12-9-3-1-2-7(9)6-8-4-5-10(19)11(8)12/h6H,1-5H2,(H,18,20). The van der Waals surface area contributed by atoms with E-state index >= 15 is 0 Å².